The van der Waals surface area contributed by atoms with Crippen molar-refractivity contribution in [2.75, 3.05) is 31.7 Å². The number of hydrogen-bond donors (Lipinski definition) is 1. The van der Waals surface area contributed by atoms with Gasteiger partial charge in [0.25, 0.3) is 0 Å². The molecule has 0 aliphatic carbocycles. The molecule has 0 bridgehead atoms. The molecular formula is C10H17N3O2S. The zero-order valence-corrected chi connectivity index (χ0v) is 10.6. The van der Waals surface area contributed by atoms with Gasteiger partial charge in [0.05, 0.1) is 5.75 Å². The number of aryl methyl sites for hydroxylation is 1. The van der Waals surface area contributed by atoms with Gasteiger partial charge < -0.3 is 5.32 Å². The highest BCUT2D eigenvalue weighted by Gasteiger charge is 2.12. The van der Waals surface area contributed by atoms with E-state index >= 15 is 0 Å². The van der Waals surface area contributed by atoms with Gasteiger partial charge in [0.1, 0.15) is 5.82 Å². The van der Waals surface area contributed by atoms with Gasteiger partial charge in [0, 0.05) is 26.3 Å². The van der Waals surface area contributed by atoms with Crippen LogP contribution in [0.1, 0.15) is 5.69 Å². The summed E-state index contributed by atoms with van der Waals surface area (Å²) in [5.41, 5.74) is 0.903. The van der Waals surface area contributed by atoms with Gasteiger partial charge in [-0.15, -0.1) is 0 Å². The van der Waals surface area contributed by atoms with Crippen LogP contribution in [0.2, 0.25) is 0 Å². The Bertz CT molecular complexity index is 443. The van der Waals surface area contributed by atoms with E-state index in [0.717, 1.165) is 5.69 Å². The van der Waals surface area contributed by atoms with Crippen LogP contribution < -0.4 is 5.32 Å². The molecule has 1 aromatic rings. The Morgan fingerprint density at radius 3 is 2.62 bits per heavy atom. The maximum atomic E-state index is 11.5. The molecule has 0 atom stereocenters. The molecule has 0 amide bonds. The molecular weight excluding hydrogens is 226 g/mol. The average molecular weight is 243 g/mol. The van der Waals surface area contributed by atoms with Crippen molar-refractivity contribution < 1.29 is 8.42 Å². The maximum absolute atomic E-state index is 11.5. The van der Waals surface area contributed by atoms with Crippen molar-refractivity contribution in [1.29, 1.82) is 0 Å². The summed E-state index contributed by atoms with van der Waals surface area (Å²) in [5, 5.41) is 2.98. The fourth-order valence-corrected chi connectivity index (χ4v) is 1.86. The highest BCUT2D eigenvalue weighted by Crippen LogP contribution is 2.03. The second-order valence-corrected chi connectivity index (χ2v) is 5.99. The van der Waals surface area contributed by atoms with Gasteiger partial charge in [-0.2, -0.15) is 0 Å². The number of aromatic nitrogens is 1. The molecule has 6 heteroatoms. The number of pyridine rings is 1. The van der Waals surface area contributed by atoms with E-state index in [1.165, 1.54) is 18.4 Å². The second kappa shape index (κ2) is 5.27. The van der Waals surface area contributed by atoms with E-state index in [-0.39, 0.29) is 5.75 Å². The Hall–Kier alpha value is -1.14. The number of anilines is 1. The summed E-state index contributed by atoms with van der Waals surface area (Å²) in [6, 6.07) is 5.59. The van der Waals surface area contributed by atoms with E-state index < -0.39 is 10.0 Å². The third-order valence-corrected chi connectivity index (χ3v) is 3.94. The minimum Gasteiger partial charge on any atom is -0.369 e. The molecule has 1 heterocycles. The zero-order chi connectivity index (χ0) is 12.2. The van der Waals surface area contributed by atoms with E-state index in [9.17, 15) is 8.42 Å². The lowest BCUT2D eigenvalue weighted by Crippen LogP contribution is -2.28. The Balaban J connectivity index is 2.48. The van der Waals surface area contributed by atoms with Gasteiger partial charge in [-0.1, -0.05) is 6.07 Å². The molecule has 0 aliphatic heterocycles. The highest BCUT2D eigenvalue weighted by molar-refractivity contribution is 7.89. The number of sulfonamides is 1. The standard InChI is InChI=1S/C10H17N3O2S/c1-9-5-4-6-10(12-9)11-7-8-16(14,15)13(2)3/h4-6H,7-8H2,1-3H3,(H,11,12). The summed E-state index contributed by atoms with van der Waals surface area (Å²) in [7, 11) is -0.0794. The first-order valence-electron chi connectivity index (χ1n) is 4.99. The molecule has 0 fully saturated rings. The Morgan fingerprint density at radius 2 is 2.06 bits per heavy atom. The predicted molar refractivity (Wildman–Crippen MR) is 64.9 cm³/mol. The Labute approximate surface area is 96.5 Å². The van der Waals surface area contributed by atoms with Crippen LogP contribution in [0, 0.1) is 6.92 Å². The summed E-state index contributed by atoms with van der Waals surface area (Å²) in [6.45, 7) is 2.25. The summed E-state index contributed by atoms with van der Waals surface area (Å²) >= 11 is 0. The van der Waals surface area contributed by atoms with Gasteiger partial charge in [-0.25, -0.2) is 17.7 Å². The summed E-state index contributed by atoms with van der Waals surface area (Å²) in [6.07, 6.45) is 0. The topological polar surface area (TPSA) is 62.3 Å². The largest absolute Gasteiger partial charge is 0.369 e. The third-order valence-electron chi connectivity index (χ3n) is 2.11. The molecule has 90 valence electrons. The highest BCUT2D eigenvalue weighted by atomic mass is 32.2. The number of nitrogens with zero attached hydrogens (tertiary/aromatic N) is 2. The molecule has 0 spiro atoms. The average Bonchev–Trinajstić information content (AvgIpc) is 2.17. The first-order chi connectivity index (χ1) is 7.42. The summed E-state index contributed by atoms with van der Waals surface area (Å²) < 4.78 is 24.1. The fraction of sp³-hybridized carbons (Fsp3) is 0.500. The smallest absolute Gasteiger partial charge is 0.215 e. The van der Waals surface area contributed by atoms with Gasteiger partial charge in [-0.3, -0.25) is 0 Å². The lowest BCUT2D eigenvalue weighted by Gasteiger charge is -2.11. The normalized spacial score (nSPS) is 11.8. The first kappa shape index (κ1) is 12.9. The van der Waals surface area contributed by atoms with Crippen molar-refractivity contribution >= 4 is 15.8 Å². The van der Waals surface area contributed by atoms with E-state index in [0.29, 0.717) is 12.4 Å². The van der Waals surface area contributed by atoms with Crippen LogP contribution in [0.3, 0.4) is 0 Å². The van der Waals surface area contributed by atoms with E-state index in [1.54, 1.807) is 0 Å². The molecule has 0 unspecified atom stereocenters. The Kier molecular flexibility index (Phi) is 4.26. The summed E-state index contributed by atoms with van der Waals surface area (Å²) in [4.78, 5) is 4.22. The van der Waals surface area contributed by atoms with Crippen LogP contribution in [0.5, 0.6) is 0 Å². The van der Waals surface area contributed by atoms with Crippen molar-refractivity contribution in [3.8, 4) is 0 Å². The van der Waals surface area contributed by atoms with Crippen LogP contribution >= 0.6 is 0 Å². The van der Waals surface area contributed by atoms with E-state index in [1.807, 2.05) is 25.1 Å². The fourth-order valence-electron chi connectivity index (χ4n) is 1.13. The molecule has 5 nitrogen and oxygen atoms in total. The van der Waals surface area contributed by atoms with Crippen molar-refractivity contribution in [3.05, 3.63) is 23.9 Å². The predicted octanol–water partition coefficient (Wildman–Crippen LogP) is 0.693. The lowest BCUT2D eigenvalue weighted by atomic mass is 10.4. The second-order valence-electron chi connectivity index (χ2n) is 3.69. The monoisotopic (exact) mass is 243 g/mol. The van der Waals surface area contributed by atoms with E-state index in [2.05, 4.69) is 10.3 Å². The molecule has 1 rings (SSSR count). The number of hydrogen-bond acceptors (Lipinski definition) is 4. The van der Waals surface area contributed by atoms with Crippen LogP contribution in [0.4, 0.5) is 5.82 Å². The molecule has 0 saturated heterocycles. The van der Waals surface area contributed by atoms with Gasteiger partial charge in [0.15, 0.2) is 0 Å². The van der Waals surface area contributed by atoms with Crippen LogP contribution in [-0.4, -0.2) is 44.1 Å². The molecule has 1 N–H and O–H groups in total. The van der Waals surface area contributed by atoms with E-state index in [4.69, 9.17) is 0 Å². The zero-order valence-electron chi connectivity index (χ0n) is 9.77. The van der Waals surface area contributed by atoms with Crippen molar-refractivity contribution in [3.63, 3.8) is 0 Å². The van der Waals surface area contributed by atoms with Gasteiger partial charge >= 0.3 is 0 Å². The number of nitrogens with one attached hydrogen (secondary N) is 1. The Morgan fingerprint density at radius 1 is 1.38 bits per heavy atom. The molecule has 16 heavy (non-hydrogen) atoms. The SMILES string of the molecule is Cc1cccc(NCCS(=O)(=O)N(C)C)n1. The van der Waals surface area contributed by atoms with Gasteiger partial charge in [-0.05, 0) is 19.1 Å². The minimum absolute atomic E-state index is 0.0651. The van der Waals surface area contributed by atoms with Crippen LogP contribution in [0.15, 0.2) is 18.2 Å². The maximum Gasteiger partial charge on any atom is 0.215 e. The molecule has 1 aromatic heterocycles. The number of rotatable bonds is 5. The van der Waals surface area contributed by atoms with Crippen molar-refractivity contribution in [2.45, 2.75) is 6.92 Å². The van der Waals surface area contributed by atoms with Crippen molar-refractivity contribution in [1.82, 2.24) is 9.29 Å². The van der Waals surface area contributed by atoms with Gasteiger partial charge in [0.2, 0.25) is 10.0 Å². The lowest BCUT2D eigenvalue weighted by molar-refractivity contribution is 0.521. The third kappa shape index (κ3) is 3.79. The van der Waals surface area contributed by atoms with Crippen LogP contribution in [-0.2, 0) is 10.0 Å². The summed E-state index contributed by atoms with van der Waals surface area (Å²) in [5.74, 6) is 0.768. The molecule has 0 aliphatic rings. The first-order valence-corrected chi connectivity index (χ1v) is 6.60. The quantitative estimate of drug-likeness (QED) is 0.826. The molecule has 0 saturated carbocycles. The molecule has 0 radical (unpaired) electrons. The van der Waals surface area contributed by atoms with Crippen LogP contribution in [0.25, 0.3) is 0 Å². The minimum atomic E-state index is -3.14. The van der Waals surface area contributed by atoms with Crippen molar-refractivity contribution in [2.24, 2.45) is 0 Å². The molecule has 0 aromatic carbocycles.